The third kappa shape index (κ3) is 7.29. The number of pyridine rings is 2. The van der Waals surface area contributed by atoms with Crippen molar-refractivity contribution in [2.75, 3.05) is 38.1 Å². The number of hydrogen-bond acceptors (Lipinski definition) is 7. The number of hydrogen-bond donors (Lipinski definition) is 2. The highest BCUT2D eigenvalue weighted by Crippen LogP contribution is 2.36. The summed E-state index contributed by atoms with van der Waals surface area (Å²) in [5, 5.41) is 14.2. The first-order valence-electron chi connectivity index (χ1n) is 16.5. The zero-order valence-corrected chi connectivity index (χ0v) is 26.6. The molecule has 236 valence electrons. The minimum absolute atomic E-state index is 0.431. The fourth-order valence-corrected chi connectivity index (χ4v) is 6.88. The van der Waals surface area contributed by atoms with Crippen molar-refractivity contribution in [2.45, 2.75) is 71.4 Å². The van der Waals surface area contributed by atoms with Gasteiger partial charge in [0.15, 0.2) is 5.82 Å². The Morgan fingerprint density at radius 2 is 1.73 bits per heavy atom. The Labute approximate surface area is 266 Å². The van der Waals surface area contributed by atoms with E-state index in [4.69, 9.17) is 9.72 Å². The molecule has 0 radical (unpaired) electrons. The van der Waals surface area contributed by atoms with Crippen LogP contribution in [0, 0.1) is 13.8 Å². The van der Waals surface area contributed by atoms with Gasteiger partial charge in [-0.1, -0.05) is 37.1 Å². The van der Waals surface area contributed by atoms with Crippen molar-refractivity contribution in [3.05, 3.63) is 77.6 Å². The molecule has 0 amide bonds. The molecule has 45 heavy (non-hydrogen) atoms. The van der Waals surface area contributed by atoms with E-state index in [1.54, 1.807) is 6.20 Å². The number of rotatable bonds is 11. The largest absolute Gasteiger partial charge is 0.493 e. The molecule has 0 saturated carbocycles. The van der Waals surface area contributed by atoms with Crippen LogP contribution >= 0.6 is 0 Å². The van der Waals surface area contributed by atoms with Crippen molar-refractivity contribution in [1.29, 1.82) is 0 Å². The number of nitrogens with one attached hydrogen (secondary N) is 1. The van der Waals surface area contributed by atoms with E-state index in [0.717, 1.165) is 89.1 Å². The molecule has 0 bridgehead atoms. The highest BCUT2D eigenvalue weighted by atomic mass is 16.5. The van der Waals surface area contributed by atoms with Gasteiger partial charge >= 0.3 is 5.97 Å². The van der Waals surface area contributed by atoms with Crippen molar-refractivity contribution < 1.29 is 14.6 Å². The minimum Gasteiger partial charge on any atom is -0.493 e. The second-order valence-electron chi connectivity index (χ2n) is 12.5. The van der Waals surface area contributed by atoms with E-state index in [-0.39, 0.29) is 0 Å². The predicted molar refractivity (Wildman–Crippen MR) is 180 cm³/mol. The molecule has 2 N–H and O–H groups in total. The molecule has 2 aromatic heterocycles. The molecule has 2 saturated heterocycles. The summed E-state index contributed by atoms with van der Waals surface area (Å²) in [4.78, 5) is 25.8. The molecule has 8 nitrogen and oxygen atoms in total. The Bertz CT molecular complexity index is 1630. The highest BCUT2D eigenvalue weighted by molar-refractivity contribution is 5.91. The van der Waals surface area contributed by atoms with Crippen molar-refractivity contribution >= 4 is 28.4 Å². The smallest absolute Gasteiger partial charge is 0.320 e. The number of piperidine rings is 2. The highest BCUT2D eigenvalue weighted by Gasteiger charge is 2.28. The average Bonchev–Trinajstić information content (AvgIpc) is 3.05. The number of fused-ring (bicyclic) bond motifs is 1. The molecule has 4 heterocycles. The zero-order valence-electron chi connectivity index (χ0n) is 26.6. The van der Waals surface area contributed by atoms with Crippen LogP contribution in [0.3, 0.4) is 0 Å². The summed E-state index contributed by atoms with van der Waals surface area (Å²) in [6, 6.07) is 16.3. The van der Waals surface area contributed by atoms with Gasteiger partial charge in [0.2, 0.25) is 0 Å². The van der Waals surface area contributed by atoms with Crippen molar-refractivity contribution in [3.8, 4) is 16.9 Å². The van der Waals surface area contributed by atoms with Crippen LogP contribution in [0.2, 0.25) is 0 Å². The van der Waals surface area contributed by atoms with Crippen LogP contribution in [0.4, 0.5) is 11.5 Å². The third-order valence-electron chi connectivity index (χ3n) is 9.43. The summed E-state index contributed by atoms with van der Waals surface area (Å²) in [5.74, 6) is 0.900. The van der Waals surface area contributed by atoms with Gasteiger partial charge < -0.3 is 20.1 Å². The SMILES string of the molecule is Cc1c(Nc2nccc3cc(CN4CCCCC4C(=O)O)cnc23)cccc1-c1cccc(OCCCN2CCCCC2)c1C. The van der Waals surface area contributed by atoms with E-state index in [1.165, 1.54) is 32.4 Å². The number of anilines is 2. The van der Waals surface area contributed by atoms with Crippen LogP contribution in [-0.2, 0) is 11.3 Å². The Morgan fingerprint density at radius 3 is 2.56 bits per heavy atom. The lowest BCUT2D eigenvalue weighted by atomic mass is 9.95. The normalized spacial score (nSPS) is 17.8. The van der Waals surface area contributed by atoms with Gasteiger partial charge in [-0.15, -0.1) is 0 Å². The first-order valence-corrected chi connectivity index (χ1v) is 16.5. The van der Waals surface area contributed by atoms with Crippen LogP contribution < -0.4 is 10.1 Å². The Balaban J connectivity index is 1.17. The lowest BCUT2D eigenvalue weighted by molar-refractivity contribution is -0.144. The van der Waals surface area contributed by atoms with Crippen LogP contribution in [0.15, 0.2) is 60.9 Å². The van der Waals surface area contributed by atoms with E-state index in [0.29, 0.717) is 18.8 Å². The van der Waals surface area contributed by atoms with E-state index in [1.807, 2.05) is 12.3 Å². The topological polar surface area (TPSA) is 90.8 Å². The number of aliphatic carboxylic acids is 1. The lowest BCUT2D eigenvalue weighted by Gasteiger charge is -2.32. The molecule has 8 heteroatoms. The Hall–Kier alpha value is -4.01. The number of ether oxygens (including phenoxy) is 1. The lowest BCUT2D eigenvalue weighted by Crippen LogP contribution is -2.44. The maximum absolute atomic E-state index is 11.8. The molecule has 0 spiro atoms. The quantitative estimate of drug-likeness (QED) is 0.171. The first kappa shape index (κ1) is 31.0. The standard InChI is InChI=1S/C37H45N5O3/c1-26-30(31-12-9-15-34(27(31)2)45-22-10-20-41-18-5-3-6-19-41)11-8-13-32(26)40-36-35-29(16-17-38-36)23-28(24-39-35)25-42-21-7-4-14-33(42)37(43)44/h8-9,11-13,15-17,23-24,33H,3-7,10,14,18-22,25H2,1-2H3,(H,38,40)(H,43,44). The number of benzene rings is 2. The van der Waals surface area contributed by atoms with Gasteiger partial charge in [0.1, 0.15) is 17.3 Å². The average molecular weight is 608 g/mol. The number of carboxylic acids is 1. The molecule has 0 aliphatic carbocycles. The molecule has 4 aromatic rings. The predicted octanol–water partition coefficient (Wildman–Crippen LogP) is 7.35. The summed E-state index contributed by atoms with van der Waals surface area (Å²) >= 11 is 0. The third-order valence-corrected chi connectivity index (χ3v) is 9.43. The van der Waals surface area contributed by atoms with Gasteiger partial charge in [0.05, 0.1) is 6.61 Å². The van der Waals surface area contributed by atoms with Crippen LogP contribution in [0.1, 0.15) is 61.6 Å². The number of carboxylic acid groups (broad SMARTS) is 1. The molecule has 1 unspecified atom stereocenters. The second-order valence-corrected chi connectivity index (χ2v) is 12.5. The zero-order chi connectivity index (χ0) is 31.2. The van der Waals surface area contributed by atoms with Crippen molar-refractivity contribution in [1.82, 2.24) is 19.8 Å². The fraction of sp³-hybridized carbons (Fsp3) is 0.432. The summed E-state index contributed by atoms with van der Waals surface area (Å²) in [6.45, 7) is 9.92. The fourth-order valence-electron chi connectivity index (χ4n) is 6.88. The number of likely N-dealkylation sites (tertiary alicyclic amines) is 2. The number of aromatic nitrogens is 2. The first-order chi connectivity index (χ1) is 22.0. The molecule has 2 aliphatic heterocycles. The van der Waals surface area contributed by atoms with E-state index in [9.17, 15) is 9.90 Å². The van der Waals surface area contributed by atoms with Gasteiger partial charge in [0, 0.05) is 36.6 Å². The van der Waals surface area contributed by atoms with Crippen LogP contribution in [-0.4, -0.2) is 69.7 Å². The molecule has 2 fully saturated rings. The van der Waals surface area contributed by atoms with Gasteiger partial charge in [0.25, 0.3) is 0 Å². The molecule has 6 rings (SSSR count). The van der Waals surface area contributed by atoms with Crippen molar-refractivity contribution in [3.63, 3.8) is 0 Å². The Kier molecular flexibility index (Phi) is 9.91. The molecule has 2 aromatic carbocycles. The van der Waals surface area contributed by atoms with E-state index >= 15 is 0 Å². The molecular weight excluding hydrogens is 562 g/mol. The molecule has 1 atom stereocenters. The molecule has 2 aliphatic rings. The van der Waals surface area contributed by atoms with Gasteiger partial charge in [-0.25, -0.2) is 4.98 Å². The van der Waals surface area contributed by atoms with Crippen LogP contribution in [0.5, 0.6) is 5.75 Å². The van der Waals surface area contributed by atoms with Crippen LogP contribution in [0.25, 0.3) is 22.0 Å². The maximum Gasteiger partial charge on any atom is 0.320 e. The summed E-state index contributed by atoms with van der Waals surface area (Å²) in [7, 11) is 0. The molecular formula is C37H45N5O3. The Morgan fingerprint density at radius 1 is 0.956 bits per heavy atom. The van der Waals surface area contributed by atoms with Gasteiger partial charge in [-0.2, -0.15) is 0 Å². The monoisotopic (exact) mass is 607 g/mol. The van der Waals surface area contributed by atoms with Crippen molar-refractivity contribution in [2.24, 2.45) is 0 Å². The number of carbonyl (C=O) groups is 1. The van der Waals surface area contributed by atoms with E-state index in [2.05, 4.69) is 76.4 Å². The van der Waals surface area contributed by atoms with E-state index < -0.39 is 12.0 Å². The van der Waals surface area contributed by atoms with Gasteiger partial charge in [-0.3, -0.25) is 14.7 Å². The minimum atomic E-state index is -0.741. The summed E-state index contributed by atoms with van der Waals surface area (Å²) in [5.41, 5.74) is 7.36. The second kappa shape index (κ2) is 14.4. The maximum atomic E-state index is 11.8. The summed E-state index contributed by atoms with van der Waals surface area (Å²) < 4.78 is 6.29. The summed E-state index contributed by atoms with van der Waals surface area (Å²) in [6.07, 6.45) is 11.4. The number of nitrogens with zero attached hydrogens (tertiary/aromatic N) is 4. The van der Waals surface area contributed by atoms with Gasteiger partial charge in [-0.05, 0) is 118 Å².